The summed E-state index contributed by atoms with van der Waals surface area (Å²) in [6, 6.07) is 1.67. The number of nitrogen functional groups attached to an aromatic ring is 1. The van der Waals surface area contributed by atoms with Crippen LogP contribution in [0.3, 0.4) is 0 Å². The molecular formula is C30H57N3O10. The normalized spacial score (nSPS) is 11.5. The highest BCUT2D eigenvalue weighted by Gasteiger charge is 2.14. The number of methoxy groups -OCH3 is 2. The molecule has 0 bridgehead atoms. The quantitative estimate of drug-likeness (QED) is 0.0935. The second-order valence-corrected chi connectivity index (χ2v) is 9.63. The molecule has 1 aromatic heterocycles. The number of esters is 1. The van der Waals surface area contributed by atoms with Crippen LogP contribution in [0, 0.1) is 0 Å². The van der Waals surface area contributed by atoms with Crippen molar-refractivity contribution in [2.24, 2.45) is 0 Å². The van der Waals surface area contributed by atoms with E-state index in [9.17, 15) is 4.79 Å². The van der Waals surface area contributed by atoms with Crippen molar-refractivity contribution in [3.8, 4) is 0 Å². The predicted molar refractivity (Wildman–Crippen MR) is 164 cm³/mol. The summed E-state index contributed by atoms with van der Waals surface area (Å²) in [7, 11) is 3.30. The highest BCUT2D eigenvalue weighted by Crippen LogP contribution is 2.14. The number of nitrogens with zero attached hydrogens (tertiary/aromatic N) is 2. The first kappa shape index (κ1) is 39.2. The fourth-order valence-electron chi connectivity index (χ4n) is 3.98. The Kier molecular flexibility index (Phi) is 26.4. The van der Waals surface area contributed by atoms with Crippen LogP contribution in [-0.4, -0.2) is 148 Å². The number of nitrogens with two attached hydrogens (primary N) is 1. The molecule has 0 saturated heterocycles. The molecule has 0 radical (unpaired) electrons. The molecule has 13 nitrogen and oxygen atoms in total. The maximum absolute atomic E-state index is 12.2. The SMILES string of the molecule is CCOC(=O)c1cc(N)cn1CCCCCN(CCOCCOCCOCCOC)CCOCCOCCOCCOC. The van der Waals surface area contributed by atoms with E-state index in [1.165, 1.54) is 0 Å². The minimum atomic E-state index is -0.341. The monoisotopic (exact) mass is 619 g/mol. The molecule has 0 aliphatic heterocycles. The van der Waals surface area contributed by atoms with Gasteiger partial charge in [0.2, 0.25) is 0 Å². The maximum atomic E-state index is 12.2. The molecule has 0 spiro atoms. The molecule has 0 amide bonds. The topological polar surface area (TPSA) is 134 Å². The maximum Gasteiger partial charge on any atom is 0.355 e. The molecule has 0 saturated carbocycles. The van der Waals surface area contributed by atoms with E-state index in [4.69, 9.17) is 48.4 Å². The second kappa shape index (κ2) is 28.9. The summed E-state index contributed by atoms with van der Waals surface area (Å²) < 4.78 is 50.3. The van der Waals surface area contributed by atoms with Gasteiger partial charge in [0.1, 0.15) is 5.69 Å². The fourth-order valence-corrected chi connectivity index (χ4v) is 3.98. The molecule has 1 rings (SSSR count). The highest BCUT2D eigenvalue weighted by atomic mass is 16.6. The molecule has 0 atom stereocenters. The van der Waals surface area contributed by atoms with Crippen molar-refractivity contribution in [2.45, 2.75) is 32.7 Å². The number of anilines is 1. The smallest absolute Gasteiger partial charge is 0.355 e. The number of hydrogen-bond acceptors (Lipinski definition) is 12. The van der Waals surface area contributed by atoms with Gasteiger partial charge in [-0.15, -0.1) is 0 Å². The van der Waals surface area contributed by atoms with Crippen molar-refractivity contribution in [1.29, 1.82) is 0 Å². The van der Waals surface area contributed by atoms with Crippen LogP contribution in [0.25, 0.3) is 0 Å². The van der Waals surface area contributed by atoms with Crippen molar-refractivity contribution < 1.29 is 47.4 Å². The third kappa shape index (κ3) is 22.4. The van der Waals surface area contributed by atoms with Gasteiger partial charge in [-0.05, 0) is 32.4 Å². The first-order valence-corrected chi connectivity index (χ1v) is 15.4. The molecular weight excluding hydrogens is 562 g/mol. The zero-order valence-electron chi connectivity index (χ0n) is 26.8. The van der Waals surface area contributed by atoms with Gasteiger partial charge in [-0.1, -0.05) is 6.42 Å². The Morgan fingerprint density at radius 3 is 1.60 bits per heavy atom. The largest absolute Gasteiger partial charge is 0.461 e. The third-order valence-electron chi connectivity index (χ3n) is 6.23. The van der Waals surface area contributed by atoms with E-state index >= 15 is 0 Å². The minimum absolute atomic E-state index is 0.335. The molecule has 0 aliphatic rings. The Bertz CT molecular complexity index is 743. The van der Waals surface area contributed by atoms with Gasteiger partial charge in [-0.3, -0.25) is 4.90 Å². The van der Waals surface area contributed by atoms with E-state index in [1.54, 1.807) is 33.4 Å². The van der Waals surface area contributed by atoms with Crippen LogP contribution in [-0.2, 0) is 49.2 Å². The molecule has 1 aromatic rings. The van der Waals surface area contributed by atoms with Gasteiger partial charge < -0.3 is 52.9 Å². The zero-order valence-corrected chi connectivity index (χ0v) is 26.8. The van der Waals surface area contributed by atoms with Crippen LogP contribution in [0.1, 0.15) is 36.7 Å². The van der Waals surface area contributed by atoms with E-state index in [0.29, 0.717) is 117 Å². The average Bonchev–Trinajstić information content (AvgIpc) is 3.38. The Balaban J connectivity index is 2.28. The number of rotatable bonds is 32. The molecule has 0 fully saturated rings. The minimum Gasteiger partial charge on any atom is -0.461 e. The van der Waals surface area contributed by atoms with Gasteiger partial charge in [-0.25, -0.2) is 4.79 Å². The number of hydrogen-bond donors (Lipinski definition) is 1. The van der Waals surface area contributed by atoms with Crippen LogP contribution in [0.15, 0.2) is 12.3 Å². The van der Waals surface area contributed by atoms with Crippen LogP contribution in [0.2, 0.25) is 0 Å². The van der Waals surface area contributed by atoms with Crippen molar-refractivity contribution in [2.75, 3.05) is 139 Å². The van der Waals surface area contributed by atoms with E-state index in [1.807, 2.05) is 4.57 Å². The van der Waals surface area contributed by atoms with Gasteiger partial charge in [0.25, 0.3) is 0 Å². The summed E-state index contributed by atoms with van der Waals surface area (Å²) in [5, 5.41) is 0. The Morgan fingerprint density at radius 2 is 1.14 bits per heavy atom. The van der Waals surface area contributed by atoms with Crippen LogP contribution >= 0.6 is 0 Å². The highest BCUT2D eigenvalue weighted by molar-refractivity contribution is 5.89. The molecule has 1 heterocycles. The predicted octanol–water partition coefficient (Wildman–Crippen LogP) is 2.11. The molecule has 0 aromatic carbocycles. The summed E-state index contributed by atoms with van der Waals surface area (Å²) in [6.07, 6.45) is 4.76. The van der Waals surface area contributed by atoms with E-state index < -0.39 is 0 Å². The summed E-state index contributed by atoms with van der Waals surface area (Å²) in [4.78, 5) is 14.5. The number of unbranched alkanes of at least 4 members (excludes halogenated alkanes) is 2. The van der Waals surface area contributed by atoms with Crippen LogP contribution < -0.4 is 5.73 Å². The summed E-state index contributed by atoms with van der Waals surface area (Å²) in [5.74, 6) is -0.341. The molecule has 2 N–H and O–H groups in total. The van der Waals surface area contributed by atoms with Crippen molar-refractivity contribution in [1.82, 2.24) is 9.47 Å². The lowest BCUT2D eigenvalue weighted by Crippen LogP contribution is -2.32. The van der Waals surface area contributed by atoms with Crippen LogP contribution in [0.5, 0.6) is 0 Å². The standard InChI is InChI=1S/C30H57N3O10/c1-4-43-30(34)29-26-28(31)27-33(29)9-7-5-6-8-32(10-12-37-18-20-41-24-22-39-16-14-35-2)11-13-38-19-21-42-25-23-40-17-15-36-3/h26-27H,4-25,31H2,1-3H3. The lowest BCUT2D eigenvalue weighted by Gasteiger charge is -2.22. The first-order valence-electron chi connectivity index (χ1n) is 15.4. The number of carbonyl (C=O) groups excluding carboxylic acids is 1. The van der Waals surface area contributed by atoms with Crippen LogP contribution in [0.4, 0.5) is 5.69 Å². The third-order valence-corrected chi connectivity index (χ3v) is 6.23. The lowest BCUT2D eigenvalue weighted by molar-refractivity contribution is -0.00490. The fraction of sp³-hybridized carbons (Fsp3) is 0.833. The number of carbonyl (C=O) groups is 1. The Hall–Kier alpha value is -1.81. The zero-order chi connectivity index (χ0) is 31.2. The van der Waals surface area contributed by atoms with Gasteiger partial charge in [0.15, 0.2) is 0 Å². The lowest BCUT2D eigenvalue weighted by atomic mass is 10.2. The first-order chi connectivity index (χ1) is 21.1. The molecule has 252 valence electrons. The molecule has 0 aliphatic carbocycles. The van der Waals surface area contributed by atoms with Crippen molar-refractivity contribution in [3.63, 3.8) is 0 Å². The average molecular weight is 620 g/mol. The summed E-state index contributed by atoms with van der Waals surface area (Å²) in [6.45, 7) is 13.3. The van der Waals surface area contributed by atoms with Gasteiger partial charge in [0, 0.05) is 40.1 Å². The second-order valence-electron chi connectivity index (χ2n) is 9.63. The van der Waals surface area contributed by atoms with Gasteiger partial charge in [-0.2, -0.15) is 0 Å². The van der Waals surface area contributed by atoms with Crippen molar-refractivity contribution >= 4 is 11.7 Å². The van der Waals surface area contributed by atoms with Crippen molar-refractivity contribution in [3.05, 3.63) is 18.0 Å². The van der Waals surface area contributed by atoms with Gasteiger partial charge in [0.05, 0.1) is 105 Å². The van der Waals surface area contributed by atoms with E-state index in [0.717, 1.165) is 38.9 Å². The van der Waals surface area contributed by atoms with E-state index in [2.05, 4.69) is 4.90 Å². The summed E-state index contributed by atoms with van der Waals surface area (Å²) in [5.41, 5.74) is 6.98. The van der Waals surface area contributed by atoms with E-state index in [-0.39, 0.29) is 5.97 Å². The number of ether oxygens (including phenoxy) is 9. The summed E-state index contributed by atoms with van der Waals surface area (Å²) >= 11 is 0. The molecule has 0 unspecified atom stereocenters. The molecule has 13 heteroatoms. The Morgan fingerprint density at radius 1 is 0.674 bits per heavy atom. The number of aryl methyl sites for hydroxylation is 1. The number of aromatic nitrogens is 1. The molecule has 43 heavy (non-hydrogen) atoms. The van der Waals surface area contributed by atoms with Gasteiger partial charge >= 0.3 is 5.97 Å². The Labute approximate surface area is 258 Å².